The summed E-state index contributed by atoms with van der Waals surface area (Å²) in [4.78, 5) is 16.6. The van der Waals surface area contributed by atoms with Gasteiger partial charge in [0.15, 0.2) is 5.78 Å². The van der Waals surface area contributed by atoms with Crippen molar-refractivity contribution in [3.63, 3.8) is 0 Å². The molecule has 0 aliphatic heterocycles. The molecule has 225 valence electrons. The molecule has 6 rings (SSSR count). The van der Waals surface area contributed by atoms with Gasteiger partial charge in [-0.1, -0.05) is 81.1 Å². The number of aryl methyl sites for hydroxylation is 1. The fourth-order valence-electron chi connectivity index (χ4n) is 6.06. The van der Waals surface area contributed by atoms with Gasteiger partial charge in [0.2, 0.25) is 0 Å². The minimum Gasteiger partial charge on any atom is -0.512 e. The first kappa shape index (κ1) is 32.3. The molecule has 43 heavy (non-hydrogen) atoms. The maximum absolute atomic E-state index is 14.2. The number of aliphatic hydroxyl groups is 1. The van der Waals surface area contributed by atoms with Gasteiger partial charge in [0, 0.05) is 43.5 Å². The molecule has 0 aliphatic carbocycles. The van der Waals surface area contributed by atoms with E-state index in [1.807, 2.05) is 64.1 Å². The Bertz CT molecular complexity index is 1950. The number of ketones is 1. The maximum atomic E-state index is 14.2. The zero-order valence-corrected chi connectivity index (χ0v) is 27.8. The molecular formula is C37H38FIrN2O2-. The van der Waals surface area contributed by atoms with Crippen LogP contribution in [0.25, 0.3) is 49.1 Å². The van der Waals surface area contributed by atoms with Gasteiger partial charge < -0.3 is 9.51 Å². The number of hydrogen-bond acceptors (Lipinski definition) is 3. The van der Waals surface area contributed by atoms with E-state index in [1.165, 1.54) is 12.1 Å². The molecule has 0 saturated carbocycles. The fourth-order valence-corrected chi connectivity index (χ4v) is 6.06. The van der Waals surface area contributed by atoms with Crippen molar-refractivity contribution in [3.05, 3.63) is 96.0 Å². The second kappa shape index (κ2) is 13.8. The van der Waals surface area contributed by atoms with Gasteiger partial charge in [0.1, 0.15) is 5.82 Å². The molecule has 0 saturated heterocycles. The van der Waals surface area contributed by atoms with Gasteiger partial charge in [-0.15, -0.1) is 23.1 Å². The number of aliphatic hydroxyl groups excluding tert-OH is 1. The zero-order chi connectivity index (χ0) is 30.0. The van der Waals surface area contributed by atoms with Crippen LogP contribution in [0.2, 0.25) is 0 Å². The molecule has 0 spiro atoms. The van der Waals surface area contributed by atoms with Crippen LogP contribution in [0, 0.1) is 30.6 Å². The Balaban J connectivity index is 0.000000230. The fraction of sp³-hybridized carbons (Fsp3) is 0.297. The minimum atomic E-state index is -0.236. The molecule has 4 nitrogen and oxygen atoms in total. The third-order valence-electron chi connectivity index (χ3n) is 8.55. The molecule has 2 aromatic heterocycles. The van der Waals surface area contributed by atoms with Crippen LogP contribution in [0.5, 0.6) is 0 Å². The average molecular weight is 754 g/mol. The molecular weight excluding hydrogens is 716 g/mol. The van der Waals surface area contributed by atoms with Gasteiger partial charge in [0.05, 0.1) is 22.4 Å². The van der Waals surface area contributed by atoms with E-state index in [9.17, 15) is 14.3 Å². The predicted molar refractivity (Wildman–Crippen MR) is 173 cm³/mol. The minimum absolute atomic E-state index is 0. The van der Waals surface area contributed by atoms with Crippen LogP contribution in [-0.4, -0.2) is 20.3 Å². The van der Waals surface area contributed by atoms with E-state index in [1.54, 1.807) is 6.07 Å². The van der Waals surface area contributed by atoms with Gasteiger partial charge in [-0.2, -0.15) is 0 Å². The number of hydrogen-bond donors (Lipinski definition) is 1. The number of nitrogens with zero attached hydrogens (tertiary/aromatic N) is 2. The van der Waals surface area contributed by atoms with Crippen molar-refractivity contribution in [3.8, 4) is 0 Å². The Kier molecular flexibility index (Phi) is 10.4. The second-order valence-corrected chi connectivity index (χ2v) is 11.0. The summed E-state index contributed by atoms with van der Waals surface area (Å²) in [6, 6.07) is 24.8. The Morgan fingerprint density at radius 3 is 2.26 bits per heavy atom. The summed E-state index contributed by atoms with van der Waals surface area (Å²) in [5.41, 5.74) is 4.89. The number of carbonyl (C=O) groups excluding carboxylic acids is 1. The number of fused-ring (bicyclic) bond motifs is 9. The number of aromatic nitrogens is 2. The summed E-state index contributed by atoms with van der Waals surface area (Å²) in [7, 11) is 0. The first-order valence-corrected chi connectivity index (χ1v) is 15.0. The van der Waals surface area contributed by atoms with E-state index in [2.05, 4.69) is 35.6 Å². The summed E-state index contributed by atoms with van der Waals surface area (Å²) in [5.74, 6) is 0.311. The van der Waals surface area contributed by atoms with Gasteiger partial charge in [0.25, 0.3) is 0 Å². The van der Waals surface area contributed by atoms with E-state index in [-0.39, 0.29) is 49.3 Å². The Morgan fingerprint density at radius 2 is 1.56 bits per heavy atom. The molecule has 0 bridgehead atoms. The molecule has 1 radical (unpaired) electrons. The first-order chi connectivity index (χ1) is 20.3. The molecule has 0 atom stereocenters. The maximum Gasteiger partial charge on any atom is 0.162 e. The molecule has 6 heteroatoms. The number of rotatable bonds is 7. The second-order valence-electron chi connectivity index (χ2n) is 11.0. The van der Waals surface area contributed by atoms with E-state index in [0.29, 0.717) is 0 Å². The van der Waals surface area contributed by atoms with E-state index in [4.69, 9.17) is 4.98 Å². The van der Waals surface area contributed by atoms with Crippen LogP contribution in [0.4, 0.5) is 4.39 Å². The normalized spacial score (nSPS) is 12.0. The first-order valence-electron chi connectivity index (χ1n) is 15.0. The van der Waals surface area contributed by atoms with Crippen molar-refractivity contribution in [1.82, 2.24) is 9.38 Å². The molecule has 2 heterocycles. The van der Waals surface area contributed by atoms with Gasteiger partial charge in [-0.25, -0.2) is 4.39 Å². The quantitative estimate of drug-likeness (QED) is 0.0581. The van der Waals surface area contributed by atoms with Gasteiger partial charge >= 0.3 is 0 Å². The smallest absolute Gasteiger partial charge is 0.162 e. The average Bonchev–Trinajstić information content (AvgIpc) is 3.39. The van der Waals surface area contributed by atoms with Crippen molar-refractivity contribution in [2.24, 2.45) is 11.8 Å². The number of pyridine rings is 1. The number of halogens is 1. The molecule has 6 aromatic rings. The number of benzene rings is 4. The summed E-state index contributed by atoms with van der Waals surface area (Å²) in [5, 5.41) is 14.8. The van der Waals surface area contributed by atoms with E-state index < -0.39 is 0 Å². The third kappa shape index (κ3) is 6.09. The number of allylic oxidation sites excluding steroid dienone is 2. The van der Waals surface area contributed by atoms with Crippen LogP contribution < -0.4 is 0 Å². The molecule has 0 unspecified atom stereocenters. The molecule has 0 aliphatic rings. The van der Waals surface area contributed by atoms with Crippen molar-refractivity contribution in [1.29, 1.82) is 0 Å². The van der Waals surface area contributed by atoms with Crippen molar-refractivity contribution in [2.45, 2.75) is 60.3 Å². The SMILES string of the molecule is CCC(CC)C(=O)/C=C(\O)C(CC)CC.Cc1c2ccccc2[c-]c2c1c1cc(F)ccc1n1c3ccccc3nc21.[Ir]. The molecule has 0 amide bonds. The number of imidazole rings is 1. The topological polar surface area (TPSA) is 54.6 Å². The van der Waals surface area contributed by atoms with Crippen molar-refractivity contribution >= 4 is 54.9 Å². The Hall–Kier alpha value is -3.60. The molecule has 1 N–H and O–H groups in total. The van der Waals surface area contributed by atoms with Crippen molar-refractivity contribution in [2.75, 3.05) is 0 Å². The van der Waals surface area contributed by atoms with Crippen LogP contribution in [0.15, 0.2) is 78.6 Å². The summed E-state index contributed by atoms with van der Waals surface area (Å²) >= 11 is 0. The predicted octanol–water partition coefficient (Wildman–Crippen LogP) is 10.1. The molecule has 4 aromatic carbocycles. The summed E-state index contributed by atoms with van der Waals surface area (Å²) < 4.78 is 16.3. The van der Waals surface area contributed by atoms with E-state index in [0.717, 1.165) is 80.4 Å². The number of carbonyl (C=O) groups is 1. The summed E-state index contributed by atoms with van der Waals surface area (Å²) in [6.45, 7) is 10.2. The van der Waals surface area contributed by atoms with Crippen LogP contribution >= 0.6 is 0 Å². The monoisotopic (exact) mass is 754 g/mol. The summed E-state index contributed by atoms with van der Waals surface area (Å²) in [6.07, 6.45) is 4.91. The largest absolute Gasteiger partial charge is 0.512 e. The Labute approximate surface area is 266 Å². The molecule has 0 fully saturated rings. The van der Waals surface area contributed by atoms with Gasteiger partial charge in [-0.05, 0) is 61.4 Å². The van der Waals surface area contributed by atoms with Crippen molar-refractivity contribution < 1.29 is 34.4 Å². The van der Waals surface area contributed by atoms with Crippen LogP contribution in [0.1, 0.15) is 58.9 Å². The van der Waals surface area contributed by atoms with Gasteiger partial charge in [-0.3, -0.25) is 9.78 Å². The third-order valence-corrected chi connectivity index (χ3v) is 8.55. The Morgan fingerprint density at radius 1 is 0.907 bits per heavy atom. The van der Waals surface area contributed by atoms with Crippen LogP contribution in [-0.2, 0) is 24.9 Å². The van der Waals surface area contributed by atoms with Crippen LogP contribution in [0.3, 0.4) is 0 Å². The zero-order valence-electron chi connectivity index (χ0n) is 25.4. The van der Waals surface area contributed by atoms with E-state index >= 15 is 0 Å². The standard InChI is InChI=1S/C24H14FN2.C13H24O2.Ir/c1-14-17-7-3-2-6-15(17)12-19-23(14)18-13-16(25)10-11-21(18)27-22-9-5-4-8-20(22)26-24(19)27;1-5-10(6-2)12(14)9-13(15)11(7-3)8-4;/h2-11,13H,1H3;9-11,14H,5-8H2,1-4H3;/q-1;;/b;12-9-;. The number of para-hydroxylation sites is 2.